The van der Waals surface area contributed by atoms with Crippen LogP contribution in [0.15, 0.2) is 40.8 Å². The largest absolute Gasteiger partial charge is 0.475 e. The van der Waals surface area contributed by atoms with Crippen LogP contribution in [-0.4, -0.2) is 29.1 Å². The van der Waals surface area contributed by atoms with Gasteiger partial charge in [-0.1, -0.05) is 24.3 Å². The zero-order valence-electron chi connectivity index (χ0n) is 12.1. The van der Waals surface area contributed by atoms with Crippen LogP contribution in [-0.2, 0) is 12.8 Å². The molecule has 1 aliphatic rings. The van der Waals surface area contributed by atoms with E-state index in [2.05, 4.69) is 36.1 Å². The Kier molecular flexibility index (Phi) is 3.80. The Morgan fingerprint density at radius 1 is 1.14 bits per heavy atom. The normalized spacial score (nSPS) is 17.0. The summed E-state index contributed by atoms with van der Waals surface area (Å²) in [6.07, 6.45) is 2.04. The van der Waals surface area contributed by atoms with E-state index in [0.717, 1.165) is 31.7 Å². The number of nitrogens with zero attached hydrogens (tertiary/aromatic N) is 1. The molecule has 1 aromatic heterocycles. The third-order valence-corrected chi connectivity index (χ3v) is 4.25. The molecule has 21 heavy (non-hydrogen) atoms. The second-order valence-corrected chi connectivity index (χ2v) is 5.49. The van der Waals surface area contributed by atoms with Gasteiger partial charge in [0.1, 0.15) is 5.76 Å². The number of carbonyl (C=O) groups is 1. The van der Waals surface area contributed by atoms with Gasteiger partial charge in [0.15, 0.2) is 0 Å². The van der Waals surface area contributed by atoms with Gasteiger partial charge in [0.2, 0.25) is 5.76 Å². The van der Waals surface area contributed by atoms with Crippen molar-refractivity contribution in [2.45, 2.75) is 25.8 Å². The second kappa shape index (κ2) is 5.74. The van der Waals surface area contributed by atoms with Gasteiger partial charge in [-0.05, 0) is 43.0 Å². The zero-order valence-corrected chi connectivity index (χ0v) is 12.1. The van der Waals surface area contributed by atoms with Crippen molar-refractivity contribution >= 4 is 5.97 Å². The Balaban J connectivity index is 1.74. The molecule has 0 fully saturated rings. The molecule has 1 N–H and O–H groups in total. The first-order valence-electron chi connectivity index (χ1n) is 7.29. The van der Waals surface area contributed by atoms with Crippen LogP contribution < -0.4 is 0 Å². The summed E-state index contributed by atoms with van der Waals surface area (Å²) >= 11 is 0. The highest BCUT2D eigenvalue weighted by Gasteiger charge is 2.22. The summed E-state index contributed by atoms with van der Waals surface area (Å²) in [4.78, 5) is 13.3. The lowest BCUT2D eigenvalue weighted by atomic mass is 10.0. The first-order chi connectivity index (χ1) is 10.1. The summed E-state index contributed by atoms with van der Waals surface area (Å²) < 4.78 is 5.44. The number of aromatic carboxylic acids is 1. The van der Waals surface area contributed by atoms with Crippen molar-refractivity contribution in [3.8, 4) is 0 Å². The summed E-state index contributed by atoms with van der Waals surface area (Å²) in [6.45, 7) is 3.99. The molecule has 4 nitrogen and oxygen atoms in total. The number of rotatable bonds is 3. The highest BCUT2D eigenvalue weighted by atomic mass is 16.4. The number of benzene rings is 1. The van der Waals surface area contributed by atoms with Crippen molar-refractivity contribution in [3.05, 3.63) is 59.0 Å². The van der Waals surface area contributed by atoms with Crippen molar-refractivity contribution in [1.82, 2.24) is 4.90 Å². The molecule has 0 aliphatic carbocycles. The Bertz CT molecular complexity index is 620. The van der Waals surface area contributed by atoms with Gasteiger partial charge in [0, 0.05) is 13.1 Å². The molecule has 1 aliphatic heterocycles. The molecular weight excluding hydrogens is 266 g/mol. The van der Waals surface area contributed by atoms with Gasteiger partial charge in [0.25, 0.3) is 0 Å². The summed E-state index contributed by atoms with van der Waals surface area (Å²) in [7, 11) is 0. The number of hydrogen-bond acceptors (Lipinski definition) is 3. The van der Waals surface area contributed by atoms with E-state index in [1.54, 1.807) is 6.07 Å². The number of hydrogen-bond donors (Lipinski definition) is 1. The van der Waals surface area contributed by atoms with Gasteiger partial charge in [0.05, 0.1) is 6.04 Å². The fraction of sp³-hybridized carbons (Fsp3) is 0.353. The SMILES string of the molecule is CC(c1ccc(C(=O)O)o1)N1CCc2ccccc2CC1. The monoisotopic (exact) mass is 285 g/mol. The average molecular weight is 285 g/mol. The molecule has 0 bridgehead atoms. The molecule has 0 radical (unpaired) electrons. The van der Waals surface area contributed by atoms with Crippen molar-refractivity contribution in [3.63, 3.8) is 0 Å². The number of fused-ring (bicyclic) bond motifs is 1. The standard InChI is InChI=1S/C17H19NO3/c1-12(15-6-7-16(21-15)17(19)20)18-10-8-13-4-2-3-5-14(13)9-11-18/h2-7,12H,8-11H2,1H3,(H,19,20). The van der Waals surface area contributed by atoms with E-state index in [-0.39, 0.29) is 11.8 Å². The molecule has 1 unspecified atom stereocenters. The van der Waals surface area contributed by atoms with Crippen molar-refractivity contribution in [2.24, 2.45) is 0 Å². The van der Waals surface area contributed by atoms with Crippen LogP contribution >= 0.6 is 0 Å². The molecule has 3 rings (SSSR count). The second-order valence-electron chi connectivity index (χ2n) is 5.49. The highest BCUT2D eigenvalue weighted by Crippen LogP contribution is 2.25. The highest BCUT2D eigenvalue weighted by molar-refractivity contribution is 5.84. The zero-order chi connectivity index (χ0) is 14.8. The third kappa shape index (κ3) is 2.85. The summed E-state index contributed by atoms with van der Waals surface area (Å²) in [5.74, 6) is -0.287. The maximum absolute atomic E-state index is 10.9. The Hall–Kier alpha value is -2.07. The summed E-state index contributed by atoms with van der Waals surface area (Å²) in [5.41, 5.74) is 2.83. The first kappa shape index (κ1) is 13.9. The van der Waals surface area contributed by atoms with Crippen molar-refractivity contribution < 1.29 is 14.3 Å². The van der Waals surface area contributed by atoms with Crippen molar-refractivity contribution in [2.75, 3.05) is 13.1 Å². The molecule has 110 valence electrons. The molecule has 2 aromatic rings. The van der Waals surface area contributed by atoms with Gasteiger partial charge in [-0.25, -0.2) is 4.79 Å². The summed E-state index contributed by atoms with van der Waals surface area (Å²) in [5, 5.41) is 8.95. The van der Waals surface area contributed by atoms with Crippen LogP contribution in [0.25, 0.3) is 0 Å². The van der Waals surface area contributed by atoms with Crippen LogP contribution in [0.3, 0.4) is 0 Å². The Morgan fingerprint density at radius 2 is 1.76 bits per heavy atom. The quantitative estimate of drug-likeness (QED) is 0.941. The van der Waals surface area contributed by atoms with Gasteiger partial charge in [-0.3, -0.25) is 4.90 Å². The summed E-state index contributed by atoms with van der Waals surface area (Å²) in [6, 6.07) is 11.9. The van der Waals surface area contributed by atoms with E-state index in [1.807, 2.05) is 0 Å². The minimum Gasteiger partial charge on any atom is -0.475 e. The van der Waals surface area contributed by atoms with Crippen LogP contribution in [0.2, 0.25) is 0 Å². The lowest BCUT2D eigenvalue weighted by molar-refractivity contribution is 0.0656. The molecule has 2 heterocycles. The lowest BCUT2D eigenvalue weighted by Crippen LogP contribution is -2.29. The minimum absolute atomic E-state index is 0.00922. The van der Waals surface area contributed by atoms with Crippen LogP contribution in [0, 0.1) is 0 Å². The first-order valence-corrected chi connectivity index (χ1v) is 7.29. The molecule has 1 atom stereocenters. The number of carboxylic acid groups (broad SMARTS) is 1. The molecular formula is C17H19NO3. The molecule has 4 heteroatoms. The fourth-order valence-electron chi connectivity index (χ4n) is 2.94. The van der Waals surface area contributed by atoms with Crippen LogP contribution in [0.5, 0.6) is 0 Å². The maximum Gasteiger partial charge on any atom is 0.371 e. The van der Waals surface area contributed by atoms with Crippen LogP contribution in [0.4, 0.5) is 0 Å². The van der Waals surface area contributed by atoms with Gasteiger partial charge < -0.3 is 9.52 Å². The van der Waals surface area contributed by atoms with Gasteiger partial charge in [-0.2, -0.15) is 0 Å². The van der Waals surface area contributed by atoms with E-state index in [0.29, 0.717) is 0 Å². The molecule has 0 spiro atoms. The van der Waals surface area contributed by atoms with Crippen LogP contribution in [0.1, 0.15) is 40.4 Å². The van der Waals surface area contributed by atoms with E-state index < -0.39 is 5.97 Å². The Labute approximate surface area is 124 Å². The van der Waals surface area contributed by atoms with Crippen molar-refractivity contribution in [1.29, 1.82) is 0 Å². The average Bonchev–Trinajstić information content (AvgIpc) is 2.88. The van der Waals surface area contributed by atoms with E-state index in [1.165, 1.54) is 17.2 Å². The maximum atomic E-state index is 10.9. The van der Waals surface area contributed by atoms with Gasteiger partial charge >= 0.3 is 5.97 Å². The number of furan rings is 1. The topological polar surface area (TPSA) is 53.7 Å². The molecule has 0 amide bonds. The third-order valence-electron chi connectivity index (χ3n) is 4.25. The predicted octanol–water partition coefficient (Wildman–Crippen LogP) is 3.14. The fourth-order valence-corrected chi connectivity index (χ4v) is 2.94. The predicted molar refractivity (Wildman–Crippen MR) is 79.5 cm³/mol. The molecule has 0 saturated carbocycles. The molecule has 1 aromatic carbocycles. The van der Waals surface area contributed by atoms with E-state index in [9.17, 15) is 4.79 Å². The van der Waals surface area contributed by atoms with E-state index >= 15 is 0 Å². The Morgan fingerprint density at radius 3 is 2.29 bits per heavy atom. The van der Waals surface area contributed by atoms with Gasteiger partial charge in [-0.15, -0.1) is 0 Å². The molecule has 0 saturated heterocycles. The van der Waals surface area contributed by atoms with E-state index in [4.69, 9.17) is 9.52 Å². The smallest absolute Gasteiger partial charge is 0.371 e. The minimum atomic E-state index is -1.02. The lowest BCUT2D eigenvalue weighted by Gasteiger charge is -2.25. The number of carboxylic acids is 1.